The van der Waals surface area contributed by atoms with Crippen molar-refractivity contribution < 1.29 is 46.7 Å². The van der Waals surface area contributed by atoms with E-state index < -0.39 is 5.63 Å². The van der Waals surface area contributed by atoms with E-state index >= 15 is 0 Å². The first-order valence-corrected chi connectivity index (χ1v) is 12.1. The molecule has 11 heteroatoms. The Kier molecular flexibility index (Phi) is 10.2. The molecular weight excluding hydrogens is 524 g/mol. The van der Waals surface area contributed by atoms with E-state index in [9.17, 15) is 4.79 Å². The largest absolute Gasteiger partial charge is 0.464 e. The van der Waals surface area contributed by atoms with E-state index in [-0.39, 0.29) is 27.2 Å². The summed E-state index contributed by atoms with van der Waals surface area (Å²) >= 11 is 0. The van der Waals surface area contributed by atoms with Crippen LogP contribution in [-0.2, 0) is 18.9 Å². The minimum Gasteiger partial charge on any atom is -0.464 e. The maximum atomic E-state index is 12.8. The fourth-order valence-corrected chi connectivity index (χ4v) is 3.64. The van der Waals surface area contributed by atoms with Crippen LogP contribution < -0.4 is 24.6 Å². The second-order valence-electron chi connectivity index (χ2n) is 8.23. The fraction of sp³-hybridized carbons (Fsp3) is 0.276. The van der Waals surface area contributed by atoms with Crippen LogP contribution in [0, 0.1) is 0 Å². The van der Waals surface area contributed by atoms with Gasteiger partial charge in [-0.2, -0.15) is 0 Å². The molecule has 0 saturated carbocycles. The lowest BCUT2D eigenvalue weighted by molar-refractivity contribution is 0.0322. The highest BCUT2D eigenvalue weighted by Crippen LogP contribution is 2.35. The van der Waals surface area contributed by atoms with E-state index in [0.717, 1.165) is 5.56 Å². The van der Waals surface area contributed by atoms with Gasteiger partial charge in [-0.3, -0.25) is 0 Å². The van der Waals surface area contributed by atoms with E-state index in [2.05, 4.69) is 0 Å². The van der Waals surface area contributed by atoms with Gasteiger partial charge >= 0.3 is 5.63 Å². The molecule has 0 spiro atoms. The molecule has 4 aromatic rings. The molecule has 0 saturated heterocycles. The highest BCUT2D eigenvalue weighted by atomic mass is 16.7. The van der Waals surface area contributed by atoms with Crippen LogP contribution in [0.5, 0.6) is 23.0 Å². The molecule has 2 heterocycles. The fourth-order valence-electron chi connectivity index (χ4n) is 3.64. The predicted octanol–water partition coefficient (Wildman–Crippen LogP) is 5.15. The number of ether oxygens (including phenoxy) is 8. The van der Waals surface area contributed by atoms with Crippen molar-refractivity contribution in [1.29, 1.82) is 0 Å². The van der Waals surface area contributed by atoms with Crippen LogP contribution in [0.25, 0.3) is 34.4 Å². The van der Waals surface area contributed by atoms with Crippen LogP contribution in [0.1, 0.15) is 11.3 Å². The van der Waals surface area contributed by atoms with Gasteiger partial charge in [0, 0.05) is 40.1 Å². The maximum absolute atomic E-state index is 12.8. The van der Waals surface area contributed by atoms with Crippen LogP contribution in [0.2, 0.25) is 0 Å². The Hall–Kier alpha value is -4.29. The van der Waals surface area contributed by atoms with Gasteiger partial charge in [-0.15, -0.1) is 0 Å². The molecule has 0 aliphatic rings. The van der Waals surface area contributed by atoms with Crippen molar-refractivity contribution in [1.82, 2.24) is 0 Å². The van der Waals surface area contributed by atoms with Gasteiger partial charge in [-0.05, 0) is 48.0 Å². The summed E-state index contributed by atoms with van der Waals surface area (Å²) in [4.78, 5) is 12.8. The number of furan rings is 1. The van der Waals surface area contributed by atoms with Crippen LogP contribution in [0.3, 0.4) is 0 Å². The van der Waals surface area contributed by atoms with Gasteiger partial charge in [-0.1, -0.05) is 12.1 Å². The third kappa shape index (κ3) is 7.21. The van der Waals surface area contributed by atoms with Crippen LogP contribution >= 0.6 is 0 Å². The highest BCUT2D eigenvalue weighted by molar-refractivity contribution is 5.84. The van der Waals surface area contributed by atoms with Crippen molar-refractivity contribution in [3.05, 3.63) is 70.3 Å². The molecule has 0 bridgehead atoms. The van der Waals surface area contributed by atoms with Crippen molar-refractivity contribution in [3.63, 3.8) is 0 Å². The normalized spacial score (nSPS) is 11.3. The zero-order valence-electron chi connectivity index (χ0n) is 22.6. The minimum absolute atomic E-state index is 0.0229. The third-order valence-electron chi connectivity index (χ3n) is 5.43. The Labute approximate surface area is 230 Å². The standard InChI is InChI=1S/C29H30O11/c1-31-15-35-23-9-6-19(11-27(23)37-17-33-3)5-8-21-13-26-22(29(30)39-21)14-25(40-26)20-7-10-24(36-16-32-2)28(12-20)38-18-34-4/h5-14H,15-18H2,1-4H3/b8-5+. The lowest BCUT2D eigenvalue weighted by atomic mass is 10.1. The molecule has 0 radical (unpaired) electrons. The molecule has 0 atom stereocenters. The summed E-state index contributed by atoms with van der Waals surface area (Å²) < 4.78 is 53.8. The van der Waals surface area contributed by atoms with E-state index in [1.54, 1.807) is 54.6 Å². The molecule has 0 unspecified atom stereocenters. The number of rotatable bonds is 15. The highest BCUT2D eigenvalue weighted by Gasteiger charge is 2.15. The third-order valence-corrected chi connectivity index (χ3v) is 5.43. The average Bonchev–Trinajstić information content (AvgIpc) is 3.41. The maximum Gasteiger partial charge on any atom is 0.347 e. The molecule has 212 valence electrons. The van der Waals surface area contributed by atoms with Crippen LogP contribution in [0.4, 0.5) is 0 Å². The molecular formula is C29H30O11. The number of methoxy groups -OCH3 is 4. The van der Waals surface area contributed by atoms with Crippen molar-refractivity contribution in [3.8, 4) is 34.3 Å². The lowest BCUT2D eigenvalue weighted by Gasteiger charge is -2.12. The summed E-state index contributed by atoms with van der Waals surface area (Å²) in [7, 11) is 6.10. The summed E-state index contributed by atoms with van der Waals surface area (Å²) in [6, 6.07) is 13.8. The molecule has 0 aliphatic carbocycles. The van der Waals surface area contributed by atoms with Gasteiger partial charge in [0.2, 0.25) is 0 Å². The van der Waals surface area contributed by atoms with Gasteiger partial charge in [0.1, 0.15) is 22.5 Å². The van der Waals surface area contributed by atoms with Crippen LogP contribution in [0.15, 0.2) is 62.2 Å². The molecule has 0 fully saturated rings. The Bertz CT molecular complexity index is 1490. The van der Waals surface area contributed by atoms with Crippen molar-refractivity contribution in [2.75, 3.05) is 55.6 Å². The number of hydrogen-bond donors (Lipinski definition) is 0. The monoisotopic (exact) mass is 554 g/mol. The zero-order chi connectivity index (χ0) is 28.3. The van der Waals surface area contributed by atoms with Gasteiger partial charge in [0.05, 0.1) is 0 Å². The first kappa shape index (κ1) is 28.7. The van der Waals surface area contributed by atoms with E-state index in [4.69, 9.17) is 46.7 Å². The Balaban J connectivity index is 1.60. The molecule has 11 nitrogen and oxygen atoms in total. The van der Waals surface area contributed by atoms with Gasteiger partial charge in [0.25, 0.3) is 0 Å². The van der Waals surface area contributed by atoms with E-state index in [1.807, 2.05) is 6.07 Å². The minimum atomic E-state index is -0.532. The topological polar surface area (TPSA) is 117 Å². The molecule has 2 aromatic heterocycles. The Morgan fingerprint density at radius 1 is 0.625 bits per heavy atom. The SMILES string of the molecule is COCOc1ccc(/C=C/c2cc3oc(-c4ccc(OCOC)c(OCOC)c4)cc3c(=O)o2)cc1OCOC. The summed E-state index contributed by atoms with van der Waals surface area (Å²) in [5, 5.41) is 0.307. The molecule has 0 N–H and O–H groups in total. The zero-order valence-corrected chi connectivity index (χ0v) is 22.6. The molecule has 4 rings (SSSR count). The van der Waals surface area contributed by atoms with Gasteiger partial charge < -0.3 is 46.7 Å². The molecule has 40 heavy (non-hydrogen) atoms. The number of benzene rings is 2. The lowest BCUT2D eigenvalue weighted by Crippen LogP contribution is -2.04. The Morgan fingerprint density at radius 3 is 1.82 bits per heavy atom. The summed E-state index contributed by atoms with van der Waals surface area (Å²) in [6.45, 7) is 0.195. The van der Waals surface area contributed by atoms with E-state index in [1.165, 1.54) is 28.4 Å². The second kappa shape index (κ2) is 14.2. The van der Waals surface area contributed by atoms with E-state index in [0.29, 0.717) is 51.1 Å². The average molecular weight is 555 g/mol. The first-order chi connectivity index (χ1) is 19.6. The van der Waals surface area contributed by atoms with Crippen molar-refractivity contribution >= 4 is 23.1 Å². The number of hydrogen-bond acceptors (Lipinski definition) is 11. The quantitative estimate of drug-likeness (QED) is 0.182. The van der Waals surface area contributed by atoms with Gasteiger partial charge in [0.15, 0.2) is 50.2 Å². The summed E-state index contributed by atoms with van der Waals surface area (Å²) in [5.41, 5.74) is 1.29. The number of fused-ring (bicyclic) bond motifs is 1. The summed E-state index contributed by atoms with van der Waals surface area (Å²) in [6.07, 6.45) is 3.43. The molecule has 2 aromatic carbocycles. The smallest absolute Gasteiger partial charge is 0.347 e. The first-order valence-electron chi connectivity index (χ1n) is 12.1. The van der Waals surface area contributed by atoms with Crippen molar-refractivity contribution in [2.24, 2.45) is 0 Å². The Morgan fingerprint density at radius 2 is 1.20 bits per heavy atom. The van der Waals surface area contributed by atoms with Gasteiger partial charge in [-0.25, -0.2) is 4.79 Å². The molecule has 0 amide bonds. The molecule has 0 aliphatic heterocycles. The second-order valence-corrected chi connectivity index (χ2v) is 8.23. The summed E-state index contributed by atoms with van der Waals surface area (Å²) in [5.74, 6) is 2.64. The van der Waals surface area contributed by atoms with Crippen molar-refractivity contribution in [2.45, 2.75) is 0 Å². The van der Waals surface area contributed by atoms with Crippen LogP contribution in [-0.4, -0.2) is 55.6 Å². The predicted molar refractivity (Wildman–Crippen MR) is 146 cm³/mol.